The van der Waals surface area contributed by atoms with E-state index >= 15 is 0 Å². The molecule has 0 amide bonds. The van der Waals surface area contributed by atoms with Crippen LogP contribution in [-0.2, 0) is 15.1 Å². The normalized spacial score (nSPS) is 17.7. The monoisotopic (exact) mass is 260 g/mol. The highest BCUT2D eigenvalue weighted by molar-refractivity contribution is 5.76. The van der Waals surface area contributed by atoms with Gasteiger partial charge in [0.05, 0.1) is 5.41 Å². The summed E-state index contributed by atoms with van der Waals surface area (Å²) in [6.45, 7) is 8.01. The zero-order valence-corrected chi connectivity index (χ0v) is 12.5. The largest absolute Gasteiger partial charge is 0.454 e. The average Bonchev–Trinajstić information content (AvgIpc) is 2.34. The van der Waals surface area contributed by atoms with Crippen LogP contribution in [0, 0.1) is 12.3 Å². The van der Waals surface area contributed by atoms with Crippen LogP contribution in [0.4, 0.5) is 0 Å². The second kappa shape index (κ2) is 4.99. The number of esters is 1. The Balaban J connectivity index is 2.20. The molecule has 0 aromatic heterocycles. The molecule has 104 valence electrons. The van der Waals surface area contributed by atoms with Gasteiger partial charge in [0, 0.05) is 0 Å². The fraction of sp³-hybridized carbons (Fsp3) is 0.588. The van der Waals surface area contributed by atoms with Crippen LogP contribution >= 0.6 is 0 Å². The van der Waals surface area contributed by atoms with E-state index in [4.69, 9.17) is 4.74 Å². The van der Waals surface area contributed by atoms with E-state index in [-0.39, 0.29) is 11.6 Å². The first-order valence-corrected chi connectivity index (χ1v) is 7.20. The smallest absolute Gasteiger partial charge is 0.312 e. The molecule has 0 N–H and O–H groups in total. The minimum Gasteiger partial charge on any atom is -0.454 e. The summed E-state index contributed by atoms with van der Waals surface area (Å²) in [6.07, 6.45) is 3.83. The highest BCUT2D eigenvalue weighted by Crippen LogP contribution is 2.46. The zero-order valence-electron chi connectivity index (χ0n) is 12.5. The highest BCUT2D eigenvalue weighted by Gasteiger charge is 2.44. The Bertz CT molecular complexity index is 453. The van der Waals surface area contributed by atoms with Crippen molar-refractivity contribution in [2.24, 2.45) is 5.41 Å². The lowest BCUT2D eigenvalue weighted by molar-refractivity contribution is -0.182. The molecule has 1 fully saturated rings. The summed E-state index contributed by atoms with van der Waals surface area (Å²) in [5.41, 5.74) is 1.62. The standard InChI is InChI=1S/C17H24O2/c1-5-16(3,4)15(18)19-17(11-6-12-17)14-9-7-13(2)8-10-14/h7-10H,5-6,11-12H2,1-4H3. The Morgan fingerprint density at radius 2 is 1.84 bits per heavy atom. The summed E-state index contributed by atoms with van der Waals surface area (Å²) in [6, 6.07) is 8.38. The number of benzene rings is 1. The number of hydrogen-bond acceptors (Lipinski definition) is 2. The second-order valence-electron chi connectivity index (χ2n) is 6.34. The lowest BCUT2D eigenvalue weighted by Gasteiger charge is -2.43. The van der Waals surface area contributed by atoms with E-state index in [1.807, 2.05) is 20.8 Å². The Hall–Kier alpha value is -1.31. The van der Waals surface area contributed by atoms with E-state index in [1.165, 1.54) is 5.56 Å². The number of carbonyl (C=O) groups excluding carboxylic acids is 1. The predicted molar refractivity (Wildman–Crippen MR) is 76.9 cm³/mol. The number of carbonyl (C=O) groups is 1. The SMILES string of the molecule is CCC(C)(C)C(=O)OC1(c2ccc(C)cc2)CCC1. The minimum absolute atomic E-state index is 0.0738. The van der Waals surface area contributed by atoms with Gasteiger partial charge in [-0.1, -0.05) is 36.8 Å². The van der Waals surface area contributed by atoms with Gasteiger partial charge in [0.1, 0.15) is 5.60 Å². The first-order valence-electron chi connectivity index (χ1n) is 7.20. The molecule has 1 aromatic rings. The van der Waals surface area contributed by atoms with Crippen molar-refractivity contribution in [1.29, 1.82) is 0 Å². The summed E-state index contributed by atoms with van der Waals surface area (Å²) in [7, 11) is 0. The van der Waals surface area contributed by atoms with Crippen LogP contribution in [0.5, 0.6) is 0 Å². The summed E-state index contributed by atoms with van der Waals surface area (Å²) in [5.74, 6) is -0.0738. The van der Waals surface area contributed by atoms with Crippen LogP contribution in [0.25, 0.3) is 0 Å². The van der Waals surface area contributed by atoms with Gasteiger partial charge >= 0.3 is 5.97 Å². The van der Waals surface area contributed by atoms with Crippen molar-refractivity contribution in [3.8, 4) is 0 Å². The molecule has 1 aromatic carbocycles. The van der Waals surface area contributed by atoms with E-state index < -0.39 is 5.41 Å². The molecular formula is C17H24O2. The van der Waals surface area contributed by atoms with E-state index in [2.05, 4.69) is 31.2 Å². The first kappa shape index (κ1) is 14.1. The summed E-state index contributed by atoms with van der Waals surface area (Å²) >= 11 is 0. The van der Waals surface area contributed by atoms with Gasteiger partial charge in [-0.2, -0.15) is 0 Å². The van der Waals surface area contributed by atoms with Gasteiger partial charge in [-0.15, -0.1) is 0 Å². The molecule has 19 heavy (non-hydrogen) atoms. The maximum Gasteiger partial charge on any atom is 0.312 e. The number of rotatable bonds is 4. The van der Waals surface area contributed by atoms with Crippen LogP contribution < -0.4 is 0 Å². The molecule has 0 atom stereocenters. The summed E-state index contributed by atoms with van der Waals surface area (Å²) in [4.78, 5) is 12.3. The Labute approximate surface area is 116 Å². The van der Waals surface area contributed by atoms with Crippen LogP contribution in [0.3, 0.4) is 0 Å². The van der Waals surface area contributed by atoms with Gasteiger partial charge in [-0.25, -0.2) is 0 Å². The van der Waals surface area contributed by atoms with Crippen LogP contribution in [-0.4, -0.2) is 5.97 Å². The fourth-order valence-electron chi connectivity index (χ4n) is 2.26. The topological polar surface area (TPSA) is 26.3 Å². The van der Waals surface area contributed by atoms with Crippen molar-refractivity contribution in [3.63, 3.8) is 0 Å². The van der Waals surface area contributed by atoms with Gasteiger partial charge in [0.2, 0.25) is 0 Å². The molecule has 1 saturated carbocycles. The Morgan fingerprint density at radius 1 is 1.26 bits per heavy atom. The van der Waals surface area contributed by atoms with Crippen molar-refractivity contribution >= 4 is 5.97 Å². The van der Waals surface area contributed by atoms with Crippen LogP contribution in [0.15, 0.2) is 24.3 Å². The molecule has 0 radical (unpaired) electrons. The van der Waals surface area contributed by atoms with Gasteiger partial charge < -0.3 is 4.74 Å². The maximum atomic E-state index is 12.3. The molecule has 0 heterocycles. The second-order valence-corrected chi connectivity index (χ2v) is 6.34. The maximum absolute atomic E-state index is 12.3. The van der Waals surface area contributed by atoms with Crippen LogP contribution in [0.1, 0.15) is 57.6 Å². The van der Waals surface area contributed by atoms with Crippen LogP contribution in [0.2, 0.25) is 0 Å². The Kier molecular flexibility index (Phi) is 3.71. The van der Waals surface area contributed by atoms with Crippen molar-refractivity contribution in [2.75, 3.05) is 0 Å². The van der Waals surface area contributed by atoms with Crippen molar-refractivity contribution in [1.82, 2.24) is 0 Å². The minimum atomic E-state index is -0.396. The molecule has 0 unspecified atom stereocenters. The van der Waals surface area contributed by atoms with Gasteiger partial charge in [-0.05, 0) is 52.0 Å². The lowest BCUT2D eigenvalue weighted by Crippen LogP contribution is -2.42. The van der Waals surface area contributed by atoms with E-state index in [0.29, 0.717) is 0 Å². The Morgan fingerprint density at radius 3 is 2.26 bits per heavy atom. The van der Waals surface area contributed by atoms with Crippen molar-refractivity contribution < 1.29 is 9.53 Å². The van der Waals surface area contributed by atoms with Crippen molar-refractivity contribution in [2.45, 2.75) is 59.0 Å². The molecule has 2 heteroatoms. The highest BCUT2D eigenvalue weighted by atomic mass is 16.6. The first-order chi connectivity index (χ1) is 8.89. The summed E-state index contributed by atoms with van der Waals surface area (Å²) in [5, 5.41) is 0. The molecule has 0 bridgehead atoms. The van der Waals surface area contributed by atoms with Crippen molar-refractivity contribution in [3.05, 3.63) is 35.4 Å². The quantitative estimate of drug-likeness (QED) is 0.752. The van der Waals surface area contributed by atoms with E-state index in [9.17, 15) is 4.79 Å². The molecular weight excluding hydrogens is 236 g/mol. The molecule has 0 aliphatic heterocycles. The zero-order chi connectivity index (χ0) is 14.1. The molecule has 1 aliphatic carbocycles. The lowest BCUT2D eigenvalue weighted by atomic mass is 9.74. The number of aryl methyl sites for hydroxylation is 1. The van der Waals surface area contributed by atoms with Gasteiger partial charge in [0.25, 0.3) is 0 Å². The third-order valence-electron chi connectivity index (χ3n) is 4.46. The van der Waals surface area contributed by atoms with E-state index in [1.54, 1.807) is 0 Å². The molecule has 1 aliphatic rings. The summed E-state index contributed by atoms with van der Waals surface area (Å²) < 4.78 is 5.92. The average molecular weight is 260 g/mol. The van der Waals surface area contributed by atoms with Gasteiger partial charge in [-0.3, -0.25) is 4.79 Å². The molecule has 2 rings (SSSR count). The molecule has 2 nitrogen and oxygen atoms in total. The molecule has 0 saturated heterocycles. The third-order valence-corrected chi connectivity index (χ3v) is 4.46. The fourth-order valence-corrected chi connectivity index (χ4v) is 2.26. The third kappa shape index (κ3) is 2.68. The number of ether oxygens (including phenoxy) is 1. The van der Waals surface area contributed by atoms with Gasteiger partial charge in [0.15, 0.2) is 0 Å². The predicted octanol–water partition coefficient (Wildman–Crippen LogP) is 4.35. The number of hydrogen-bond donors (Lipinski definition) is 0. The molecule has 0 spiro atoms. The van der Waals surface area contributed by atoms with E-state index in [0.717, 1.165) is 31.2 Å².